The number of nitrogens with zero attached hydrogens (tertiary/aromatic N) is 5. The Balaban J connectivity index is 0.00000408. The largest absolute Gasteiger partial charge is 2.00 e. The van der Waals surface area contributed by atoms with Crippen molar-refractivity contribution in [2.45, 2.75) is 0 Å². The van der Waals surface area contributed by atoms with Crippen molar-refractivity contribution < 1.29 is 25.8 Å². The van der Waals surface area contributed by atoms with Crippen LogP contribution in [0.4, 0.5) is 22.7 Å². The van der Waals surface area contributed by atoms with Crippen molar-refractivity contribution in [3.8, 4) is 39.4 Å². The maximum absolute atomic E-state index is 6.49. The number of pyridine rings is 2. The zero-order valence-electron chi connectivity index (χ0n) is 30.9. The second kappa shape index (κ2) is 14.7. The number of aromatic nitrogens is 3. The van der Waals surface area contributed by atoms with Gasteiger partial charge in [0.25, 0.3) is 5.69 Å². The molecule has 0 aliphatic carbocycles. The molecule has 0 saturated heterocycles. The van der Waals surface area contributed by atoms with Gasteiger partial charge in [0.05, 0.1) is 22.0 Å². The summed E-state index contributed by atoms with van der Waals surface area (Å²) in [5, 5.41) is 4.45. The summed E-state index contributed by atoms with van der Waals surface area (Å²) in [6.07, 6.45) is 5.27. The van der Waals surface area contributed by atoms with E-state index < -0.39 is 0 Å². The quantitative estimate of drug-likeness (QED) is 0.118. The van der Waals surface area contributed by atoms with Crippen molar-refractivity contribution >= 4 is 61.5 Å². The van der Waals surface area contributed by atoms with E-state index in [4.69, 9.17) is 9.72 Å². The van der Waals surface area contributed by atoms with Crippen LogP contribution < -0.4 is 13.9 Å². The third-order valence-corrected chi connectivity index (χ3v) is 10.5. The molecule has 0 radical (unpaired) electrons. The first-order valence-electron chi connectivity index (χ1n) is 18.8. The molecule has 3 aromatic heterocycles. The summed E-state index contributed by atoms with van der Waals surface area (Å²) in [5.74, 6) is 0.995. The van der Waals surface area contributed by atoms with Crippen molar-refractivity contribution in [1.82, 2.24) is 23.7 Å². The Labute approximate surface area is 349 Å². The SMILES string of the molecule is C1=[N+](c2[c-]c(Oc3[c-]c(-n4c5ccccc5c5cccnc54)cnc3)ccc2)c2ccc3ccccc3c2[N+]=1c1c(-c2ccccc2)cccc1-c1ccccc1.[Pt+2]. The van der Waals surface area contributed by atoms with Crippen molar-refractivity contribution in [3.63, 3.8) is 0 Å². The normalized spacial score (nSPS) is 11.9. The van der Waals surface area contributed by atoms with Gasteiger partial charge in [0.1, 0.15) is 11.3 Å². The molecule has 6 nitrogen and oxygen atoms in total. The molecule has 0 amide bonds. The second-order valence-corrected chi connectivity index (χ2v) is 13.9. The molecule has 11 rings (SSSR count). The van der Waals surface area contributed by atoms with Gasteiger partial charge in [-0.3, -0.25) is 0 Å². The van der Waals surface area contributed by atoms with Crippen LogP contribution in [0.15, 0.2) is 188 Å². The van der Waals surface area contributed by atoms with Gasteiger partial charge in [0, 0.05) is 34.5 Å². The summed E-state index contributed by atoms with van der Waals surface area (Å²) in [5.41, 5.74) is 10.9. The van der Waals surface area contributed by atoms with Gasteiger partial charge in [-0.25, -0.2) is 4.98 Å². The first-order valence-corrected chi connectivity index (χ1v) is 18.8. The maximum atomic E-state index is 6.49. The fourth-order valence-electron chi connectivity index (χ4n) is 8.01. The minimum absolute atomic E-state index is 0. The van der Waals surface area contributed by atoms with Crippen LogP contribution in [0.25, 0.3) is 60.6 Å². The summed E-state index contributed by atoms with van der Waals surface area (Å²) in [4.78, 5) is 9.30. The third kappa shape index (κ3) is 5.95. The number of hydrogen-bond acceptors (Lipinski definition) is 3. The fraction of sp³-hybridized carbons (Fsp3) is 0. The summed E-state index contributed by atoms with van der Waals surface area (Å²) >= 11 is 0. The number of fused-ring (bicyclic) bond motifs is 6. The third-order valence-electron chi connectivity index (χ3n) is 10.5. The van der Waals surface area contributed by atoms with Crippen LogP contribution in [0.2, 0.25) is 0 Å². The van der Waals surface area contributed by atoms with Crippen LogP contribution in [-0.2, 0) is 21.1 Å². The topological polar surface area (TPSA) is 46.0 Å². The molecule has 0 unspecified atom stereocenters. The van der Waals surface area contributed by atoms with Gasteiger partial charge in [0.15, 0.2) is 0 Å². The minimum Gasteiger partial charge on any atom is -0.507 e. The van der Waals surface area contributed by atoms with Gasteiger partial charge < -0.3 is 14.3 Å². The summed E-state index contributed by atoms with van der Waals surface area (Å²) in [6, 6.07) is 69.6. The predicted molar refractivity (Wildman–Crippen MR) is 230 cm³/mol. The Morgan fingerprint density at radius 3 is 2.02 bits per heavy atom. The van der Waals surface area contributed by atoms with E-state index in [1.807, 2.05) is 42.6 Å². The van der Waals surface area contributed by atoms with Crippen LogP contribution in [0.3, 0.4) is 0 Å². The molecular formula is C51H31N5OPt+2. The Kier molecular flexibility index (Phi) is 8.91. The summed E-state index contributed by atoms with van der Waals surface area (Å²) < 4.78 is 12.9. The summed E-state index contributed by atoms with van der Waals surface area (Å²) in [7, 11) is 0. The number of para-hydroxylation sites is 2. The van der Waals surface area contributed by atoms with Crippen LogP contribution in [0.1, 0.15) is 0 Å². The molecule has 0 bridgehead atoms. The van der Waals surface area contributed by atoms with Crippen molar-refractivity contribution in [2.24, 2.45) is 0 Å². The molecule has 10 aromatic rings. The zero-order valence-corrected chi connectivity index (χ0v) is 33.1. The smallest absolute Gasteiger partial charge is 0.507 e. The second-order valence-electron chi connectivity index (χ2n) is 13.9. The van der Waals surface area contributed by atoms with E-state index in [0.717, 1.165) is 83.4 Å². The molecule has 1 aliphatic rings. The van der Waals surface area contributed by atoms with E-state index in [1.54, 1.807) is 12.4 Å². The predicted octanol–water partition coefficient (Wildman–Crippen LogP) is 12.3. The maximum Gasteiger partial charge on any atom is 2.00 e. The molecule has 0 N–H and O–H groups in total. The fourth-order valence-corrected chi connectivity index (χ4v) is 8.01. The molecule has 0 fully saturated rings. The molecule has 0 saturated carbocycles. The van der Waals surface area contributed by atoms with Gasteiger partial charge in [-0.1, -0.05) is 126 Å². The molecule has 1 aliphatic heterocycles. The average Bonchev–Trinajstić information content (AvgIpc) is 3.84. The molecule has 0 atom stereocenters. The van der Waals surface area contributed by atoms with Crippen LogP contribution in [0, 0.1) is 12.1 Å². The van der Waals surface area contributed by atoms with Gasteiger partial charge in [-0.15, -0.1) is 12.1 Å². The first-order chi connectivity index (χ1) is 28.3. The molecule has 4 heterocycles. The van der Waals surface area contributed by atoms with Gasteiger partial charge in [-0.05, 0) is 75.4 Å². The van der Waals surface area contributed by atoms with Crippen LogP contribution in [0.5, 0.6) is 11.5 Å². The van der Waals surface area contributed by atoms with Crippen molar-refractivity contribution in [1.29, 1.82) is 0 Å². The molecule has 58 heavy (non-hydrogen) atoms. The van der Waals surface area contributed by atoms with E-state index in [9.17, 15) is 0 Å². The molecule has 274 valence electrons. The van der Waals surface area contributed by atoms with Crippen molar-refractivity contribution in [2.75, 3.05) is 0 Å². The van der Waals surface area contributed by atoms with Gasteiger partial charge in [0.2, 0.25) is 5.69 Å². The van der Waals surface area contributed by atoms with E-state index in [1.165, 1.54) is 0 Å². The van der Waals surface area contributed by atoms with Gasteiger partial charge >= 0.3 is 32.8 Å². The Bertz CT molecular complexity index is 3150. The zero-order chi connectivity index (χ0) is 37.7. The minimum atomic E-state index is 0. The number of hydrogen-bond donors (Lipinski definition) is 0. The standard InChI is InChI=1S/C51H31N5O.Pt/c1-3-14-35(15-4-1)42-23-12-24-43(36-16-5-2-6-17-36)49(42)55-34-54(48-28-27-37-18-7-8-21-44(37)50(48)55)38-19-11-20-40(30-38)57-41-31-39(32-52-33-41)56-47-26-10-9-22-45(47)46-25-13-29-53-51(46)56;/h1-29,32-33H;/q;+2. The number of ether oxygens (including phenoxy) is 1. The Hall–Kier alpha value is -7.23. The van der Waals surface area contributed by atoms with Crippen molar-refractivity contribution in [3.05, 3.63) is 201 Å². The van der Waals surface area contributed by atoms with Crippen LogP contribution in [-0.4, -0.2) is 20.5 Å². The van der Waals surface area contributed by atoms with E-state index in [2.05, 4.69) is 170 Å². The Morgan fingerprint density at radius 1 is 0.534 bits per heavy atom. The average molecular weight is 925 g/mol. The molecule has 7 aromatic carbocycles. The molecule has 7 heteroatoms. The van der Waals surface area contributed by atoms with E-state index >= 15 is 0 Å². The Morgan fingerprint density at radius 2 is 1.22 bits per heavy atom. The monoisotopic (exact) mass is 924 g/mol. The summed E-state index contributed by atoms with van der Waals surface area (Å²) in [6.45, 7) is 0. The van der Waals surface area contributed by atoms with Gasteiger partial charge in [-0.2, -0.15) is 6.07 Å². The molecular weight excluding hydrogens is 894 g/mol. The van der Waals surface area contributed by atoms with Crippen LogP contribution >= 0.6 is 0 Å². The number of benzene rings is 7. The number of rotatable bonds is 7. The first kappa shape index (κ1) is 35.2. The van der Waals surface area contributed by atoms with E-state index in [-0.39, 0.29) is 21.1 Å². The molecule has 0 spiro atoms. The van der Waals surface area contributed by atoms with E-state index in [0.29, 0.717) is 11.5 Å².